The van der Waals surface area contributed by atoms with E-state index in [1.54, 1.807) is 0 Å². The Labute approximate surface area is 474 Å². The Hall–Kier alpha value is -2.37. The zero-order valence-corrected chi connectivity index (χ0v) is 51.3. The number of hydrogen-bond donors (Lipinski definition) is 0. The summed E-state index contributed by atoms with van der Waals surface area (Å²) in [4.78, 5) is 38.3. The highest BCUT2D eigenvalue weighted by Gasteiger charge is 2.19. The predicted octanol–water partition coefficient (Wildman–Crippen LogP) is 23.2. The summed E-state index contributed by atoms with van der Waals surface area (Å²) in [5.74, 6) is -0.866. The van der Waals surface area contributed by atoms with Gasteiger partial charge in [-0.15, -0.1) is 0 Å². The molecule has 0 aliphatic carbocycles. The number of hydrogen-bond acceptors (Lipinski definition) is 6. The molecule has 6 nitrogen and oxygen atoms in total. The molecular weight excluding hydrogens is 937 g/mol. The molecule has 0 aromatic rings. The zero-order chi connectivity index (χ0) is 55.0. The maximum Gasteiger partial charge on any atom is 0.306 e. The van der Waals surface area contributed by atoms with Crippen LogP contribution in [0, 0.1) is 0 Å². The molecule has 0 aliphatic rings. The van der Waals surface area contributed by atoms with Crippen molar-refractivity contribution in [2.24, 2.45) is 0 Å². The van der Waals surface area contributed by atoms with Gasteiger partial charge < -0.3 is 14.2 Å². The monoisotopic (exact) mass is 1070 g/mol. The molecule has 0 radical (unpaired) electrons. The SMILES string of the molecule is CC/C=C\C/C=C\C/C=C\CCCCCCCC(=O)OC(COC(=O)CCCCCCCCCCCCCCC)COC(=O)CCCCCCCCCCCCCCCCCCCCCCCCCCCCCCCC. The zero-order valence-electron chi connectivity index (χ0n) is 51.3. The summed E-state index contributed by atoms with van der Waals surface area (Å²) in [5.41, 5.74) is 0. The number of carbonyl (C=O) groups excluding carboxylic acids is 3. The van der Waals surface area contributed by atoms with Gasteiger partial charge in [0.1, 0.15) is 13.2 Å². The number of ether oxygens (including phenoxy) is 3. The molecule has 1 unspecified atom stereocenters. The van der Waals surface area contributed by atoms with Crippen molar-refractivity contribution in [2.45, 2.75) is 380 Å². The van der Waals surface area contributed by atoms with Gasteiger partial charge in [0.15, 0.2) is 6.10 Å². The van der Waals surface area contributed by atoms with Crippen LogP contribution in [0.15, 0.2) is 36.5 Å². The first-order valence-corrected chi connectivity index (χ1v) is 34.0. The second-order valence-corrected chi connectivity index (χ2v) is 23.1. The molecule has 0 spiro atoms. The van der Waals surface area contributed by atoms with Crippen LogP contribution in [0.3, 0.4) is 0 Å². The first-order valence-electron chi connectivity index (χ1n) is 34.0. The van der Waals surface area contributed by atoms with Crippen LogP contribution in [-0.2, 0) is 28.6 Å². The third kappa shape index (κ3) is 62.5. The van der Waals surface area contributed by atoms with E-state index in [9.17, 15) is 14.4 Å². The van der Waals surface area contributed by atoms with Crippen LogP contribution in [0.25, 0.3) is 0 Å². The minimum absolute atomic E-state index is 0.0740. The van der Waals surface area contributed by atoms with Crippen molar-refractivity contribution in [1.82, 2.24) is 0 Å². The summed E-state index contributed by atoms with van der Waals surface area (Å²) in [6.07, 6.45) is 80.4. The van der Waals surface area contributed by atoms with Crippen LogP contribution >= 0.6 is 0 Å². The normalized spacial score (nSPS) is 12.2. The van der Waals surface area contributed by atoms with Gasteiger partial charge in [-0.2, -0.15) is 0 Å². The Morgan fingerprint density at radius 3 is 0.803 bits per heavy atom. The van der Waals surface area contributed by atoms with Crippen LogP contribution < -0.4 is 0 Å². The summed E-state index contributed by atoms with van der Waals surface area (Å²) in [6.45, 7) is 6.58. The van der Waals surface area contributed by atoms with Crippen LogP contribution in [0.4, 0.5) is 0 Å². The lowest BCUT2D eigenvalue weighted by Gasteiger charge is -2.18. The molecule has 0 heterocycles. The summed E-state index contributed by atoms with van der Waals surface area (Å²) >= 11 is 0. The molecule has 0 rings (SSSR count). The molecule has 0 aromatic heterocycles. The quantitative estimate of drug-likeness (QED) is 0.0261. The third-order valence-corrected chi connectivity index (χ3v) is 15.4. The number of rotatable bonds is 63. The predicted molar refractivity (Wildman–Crippen MR) is 330 cm³/mol. The summed E-state index contributed by atoms with van der Waals surface area (Å²) in [6, 6.07) is 0. The largest absolute Gasteiger partial charge is 0.462 e. The fraction of sp³-hybridized carbons (Fsp3) is 0.871. The van der Waals surface area contributed by atoms with Crippen LogP contribution in [-0.4, -0.2) is 37.2 Å². The number of unbranched alkanes of at least 4 members (excludes halogenated alkanes) is 46. The highest BCUT2D eigenvalue weighted by molar-refractivity contribution is 5.71. The van der Waals surface area contributed by atoms with E-state index in [2.05, 4.69) is 57.2 Å². The van der Waals surface area contributed by atoms with Crippen LogP contribution in [0.5, 0.6) is 0 Å². The molecule has 6 heteroatoms. The number of esters is 3. The van der Waals surface area contributed by atoms with Crippen molar-refractivity contribution in [3.8, 4) is 0 Å². The molecule has 0 amide bonds. The van der Waals surface area contributed by atoms with Gasteiger partial charge in [0.2, 0.25) is 0 Å². The molecular formula is C70H130O6. The smallest absolute Gasteiger partial charge is 0.306 e. The Morgan fingerprint density at radius 2 is 0.513 bits per heavy atom. The van der Waals surface area contributed by atoms with Gasteiger partial charge in [0.25, 0.3) is 0 Å². The highest BCUT2D eigenvalue weighted by Crippen LogP contribution is 2.19. The standard InChI is InChI=1S/C70H130O6/c1-4-7-10-13-16-19-22-25-27-28-29-30-31-32-33-34-35-36-37-38-39-40-41-43-45-48-51-54-57-60-63-69(72)75-66-67(65-74-68(71)62-59-56-53-50-47-44-24-21-18-15-12-9-6-3)76-70(73)64-61-58-55-52-49-46-42-26-23-20-17-14-11-8-5-2/h8,11,17,20,26,42,67H,4-7,9-10,12-16,18-19,21-25,27-41,43-66H2,1-3H3/b11-8-,20-17-,42-26-. The summed E-state index contributed by atoms with van der Waals surface area (Å²) < 4.78 is 16.9. The van der Waals surface area contributed by atoms with E-state index in [1.807, 2.05) is 0 Å². The van der Waals surface area contributed by atoms with Gasteiger partial charge in [-0.3, -0.25) is 14.4 Å². The first kappa shape index (κ1) is 73.6. The maximum atomic E-state index is 12.9. The average Bonchev–Trinajstić information content (AvgIpc) is 3.42. The second kappa shape index (κ2) is 65.2. The van der Waals surface area contributed by atoms with E-state index >= 15 is 0 Å². The minimum atomic E-state index is -0.778. The van der Waals surface area contributed by atoms with Crippen molar-refractivity contribution in [3.05, 3.63) is 36.5 Å². The Morgan fingerprint density at radius 1 is 0.276 bits per heavy atom. The Kier molecular flexibility index (Phi) is 63.1. The van der Waals surface area contributed by atoms with Gasteiger partial charge in [-0.1, -0.05) is 340 Å². The lowest BCUT2D eigenvalue weighted by atomic mass is 10.0. The van der Waals surface area contributed by atoms with Crippen LogP contribution in [0.1, 0.15) is 374 Å². The van der Waals surface area contributed by atoms with E-state index < -0.39 is 6.10 Å². The first-order chi connectivity index (χ1) is 37.5. The van der Waals surface area contributed by atoms with Crippen molar-refractivity contribution < 1.29 is 28.6 Å². The maximum absolute atomic E-state index is 12.9. The van der Waals surface area contributed by atoms with Crippen molar-refractivity contribution in [3.63, 3.8) is 0 Å². The molecule has 0 fully saturated rings. The molecule has 0 N–H and O–H groups in total. The third-order valence-electron chi connectivity index (χ3n) is 15.4. The van der Waals surface area contributed by atoms with E-state index in [0.717, 1.165) is 96.3 Å². The van der Waals surface area contributed by atoms with Crippen molar-refractivity contribution in [2.75, 3.05) is 13.2 Å². The van der Waals surface area contributed by atoms with Crippen molar-refractivity contribution >= 4 is 17.9 Å². The highest BCUT2D eigenvalue weighted by atomic mass is 16.6. The molecule has 0 saturated heterocycles. The molecule has 0 saturated carbocycles. The second-order valence-electron chi connectivity index (χ2n) is 23.1. The van der Waals surface area contributed by atoms with Gasteiger partial charge in [0, 0.05) is 19.3 Å². The average molecular weight is 1070 g/mol. The fourth-order valence-electron chi connectivity index (χ4n) is 10.3. The van der Waals surface area contributed by atoms with Gasteiger partial charge in [-0.05, 0) is 51.4 Å². The number of carbonyl (C=O) groups is 3. The molecule has 0 aromatic carbocycles. The lowest BCUT2D eigenvalue weighted by molar-refractivity contribution is -0.167. The molecule has 0 bridgehead atoms. The topological polar surface area (TPSA) is 78.9 Å². The number of allylic oxidation sites excluding steroid dienone is 6. The fourth-order valence-corrected chi connectivity index (χ4v) is 10.3. The van der Waals surface area contributed by atoms with Crippen LogP contribution in [0.2, 0.25) is 0 Å². The molecule has 446 valence electrons. The lowest BCUT2D eigenvalue weighted by Crippen LogP contribution is -2.30. The Balaban J connectivity index is 4.12. The van der Waals surface area contributed by atoms with Gasteiger partial charge in [0.05, 0.1) is 0 Å². The van der Waals surface area contributed by atoms with E-state index in [4.69, 9.17) is 14.2 Å². The molecule has 76 heavy (non-hydrogen) atoms. The van der Waals surface area contributed by atoms with Gasteiger partial charge in [-0.25, -0.2) is 0 Å². The summed E-state index contributed by atoms with van der Waals surface area (Å²) in [5, 5.41) is 0. The van der Waals surface area contributed by atoms with Gasteiger partial charge >= 0.3 is 17.9 Å². The van der Waals surface area contributed by atoms with E-state index in [0.29, 0.717) is 19.3 Å². The summed E-state index contributed by atoms with van der Waals surface area (Å²) in [7, 11) is 0. The molecule has 1 atom stereocenters. The minimum Gasteiger partial charge on any atom is -0.462 e. The Bertz CT molecular complexity index is 1270. The molecule has 0 aliphatic heterocycles. The van der Waals surface area contributed by atoms with Crippen molar-refractivity contribution in [1.29, 1.82) is 0 Å². The van der Waals surface area contributed by atoms with E-state index in [1.165, 1.54) is 238 Å². The van der Waals surface area contributed by atoms with E-state index in [-0.39, 0.29) is 31.1 Å².